The van der Waals surface area contributed by atoms with E-state index in [2.05, 4.69) is 6.92 Å². The third kappa shape index (κ3) is 1.25. The zero-order valence-electron chi connectivity index (χ0n) is 6.18. The summed E-state index contributed by atoms with van der Waals surface area (Å²) < 4.78 is 5.05. The molecule has 0 aliphatic heterocycles. The molecule has 0 aromatic rings. The van der Waals surface area contributed by atoms with Crippen LogP contribution in [-0.2, 0) is 4.74 Å². The predicted octanol–water partition coefficient (Wildman–Crippen LogP) is 0.618. The molecule has 0 radical (unpaired) electrons. The third-order valence-electron chi connectivity index (χ3n) is 2.30. The van der Waals surface area contributed by atoms with Gasteiger partial charge < -0.3 is 10.5 Å². The number of rotatable bonds is 3. The molecule has 0 saturated heterocycles. The normalized spacial score (nSPS) is 41.0. The summed E-state index contributed by atoms with van der Waals surface area (Å²) in [6.07, 6.45) is 1.25. The van der Waals surface area contributed by atoms with Crippen molar-refractivity contribution in [2.45, 2.75) is 13.3 Å². The van der Waals surface area contributed by atoms with Gasteiger partial charge in [-0.2, -0.15) is 0 Å². The van der Waals surface area contributed by atoms with Crippen LogP contribution in [0.4, 0.5) is 0 Å². The van der Waals surface area contributed by atoms with Crippen LogP contribution < -0.4 is 5.73 Å². The van der Waals surface area contributed by atoms with Gasteiger partial charge in [-0.1, -0.05) is 6.92 Å². The molecular weight excluding hydrogens is 114 g/mol. The summed E-state index contributed by atoms with van der Waals surface area (Å²) in [6, 6.07) is 0. The molecule has 0 spiro atoms. The summed E-state index contributed by atoms with van der Waals surface area (Å²) in [6.45, 7) is 3.92. The van der Waals surface area contributed by atoms with Gasteiger partial charge >= 0.3 is 0 Å². The van der Waals surface area contributed by atoms with E-state index < -0.39 is 0 Å². The molecule has 1 saturated carbocycles. The molecule has 2 atom stereocenters. The largest absolute Gasteiger partial charge is 0.384 e. The number of hydrogen-bond acceptors (Lipinski definition) is 2. The van der Waals surface area contributed by atoms with Crippen LogP contribution in [0.3, 0.4) is 0 Å². The van der Waals surface area contributed by atoms with E-state index in [4.69, 9.17) is 10.5 Å². The van der Waals surface area contributed by atoms with Gasteiger partial charge in [0, 0.05) is 7.11 Å². The van der Waals surface area contributed by atoms with Gasteiger partial charge in [-0.25, -0.2) is 0 Å². The molecule has 1 fully saturated rings. The number of hydrogen-bond donors (Lipinski definition) is 1. The zero-order valence-corrected chi connectivity index (χ0v) is 6.18. The summed E-state index contributed by atoms with van der Waals surface area (Å²) in [5, 5.41) is 0. The minimum atomic E-state index is 0.420. The van der Waals surface area contributed by atoms with E-state index >= 15 is 0 Å². The maximum absolute atomic E-state index is 5.48. The highest BCUT2D eigenvalue weighted by atomic mass is 16.5. The highest BCUT2D eigenvalue weighted by Gasteiger charge is 2.48. The van der Waals surface area contributed by atoms with Gasteiger partial charge in [0.2, 0.25) is 0 Å². The molecule has 2 nitrogen and oxygen atoms in total. The van der Waals surface area contributed by atoms with Crippen LogP contribution in [0.5, 0.6) is 0 Å². The van der Waals surface area contributed by atoms with Crippen LogP contribution in [0.25, 0.3) is 0 Å². The smallest absolute Gasteiger partial charge is 0.0519 e. The Morgan fingerprint density at radius 2 is 2.44 bits per heavy atom. The summed E-state index contributed by atoms with van der Waals surface area (Å²) >= 11 is 0. The van der Waals surface area contributed by atoms with Crippen molar-refractivity contribution in [3.05, 3.63) is 0 Å². The molecule has 1 aliphatic carbocycles. The van der Waals surface area contributed by atoms with Crippen LogP contribution in [0.1, 0.15) is 13.3 Å². The molecule has 2 heteroatoms. The van der Waals surface area contributed by atoms with Gasteiger partial charge in [-0.15, -0.1) is 0 Å². The predicted molar refractivity (Wildman–Crippen MR) is 37.1 cm³/mol. The number of nitrogens with two attached hydrogens (primary N) is 1. The van der Waals surface area contributed by atoms with E-state index in [0.29, 0.717) is 5.41 Å². The van der Waals surface area contributed by atoms with E-state index in [1.54, 1.807) is 7.11 Å². The van der Waals surface area contributed by atoms with Crippen molar-refractivity contribution in [2.24, 2.45) is 17.1 Å². The van der Waals surface area contributed by atoms with Crippen molar-refractivity contribution in [1.29, 1.82) is 0 Å². The minimum Gasteiger partial charge on any atom is -0.384 e. The molecule has 0 heterocycles. The lowest BCUT2D eigenvalue weighted by atomic mass is 10.1. The molecule has 2 N–H and O–H groups in total. The van der Waals surface area contributed by atoms with Crippen molar-refractivity contribution >= 4 is 0 Å². The van der Waals surface area contributed by atoms with E-state index in [1.165, 1.54) is 6.42 Å². The fourth-order valence-electron chi connectivity index (χ4n) is 1.38. The van der Waals surface area contributed by atoms with Crippen LogP contribution in [0, 0.1) is 11.3 Å². The van der Waals surface area contributed by atoms with Crippen molar-refractivity contribution in [1.82, 2.24) is 0 Å². The minimum absolute atomic E-state index is 0.420. The van der Waals surface area contributed by atoms with E-state index in [0.717, 1.165) is 19.1 Å². The fraction of sp³-hybridized carbons (Fsp3) is 1.00. The first-order valence-electron chi connectivity index (χ1n) is 3.42. The Morgan fingerprint density at radius 3 is 2.78 bits per heavy atom. The van der Waals surface area contributed by atoms with E-state index in [-0.39, 0.29) is 0 Å². The highest BCUT2D eigenvalue weighted by molar-refractivity contribution is 4.98. The molecule has 0 aromatic heterocycles. The Balaban J connectivity index is 2.25. The lowest BCUT2D eigenvalue weighted by molar-refractivity contribution is 0.142. The standard InChI is InChI=1S/C7H15NO/c1-7(5-9-2)3-6(7)4-8/h6H,3-5,8H2,1-2H3/t6-,7+/m0/s1. The number of methoxy groups -OCH3 is 1. The van der Waals surface area contributed by atoms with Gasteiger partial charge in [0.25, 0.3) is 0 Å². The Kier molecular flexibility index (Phi) is 1.78. The van der Waals surface area contributed by atoms with Crippen molar-refractivity contribution in [3.63, 3.8) is 0 Å². The molecule has 0 amide bonds. The monoisotopic (exact) mass is 129 g/mol. The molecule has 0 aromatic carbocycles. The second-order valence-electron chi connectivity index (χ2n) is 3.22. The van der Waals surface area contributed by atoms with Gasteiger partial charge in [-0.3, -0.25) is 0 Å². The first kappa shape index (κ1) is 7.03. The van der Waals surface area contributed by atoms with Crippen molar-refractivity contribution in [3.8, 4) is 0 Å². The lowest BCUT2D eigenvalue weighted by Gasteiger charge is -2.06. The van der Waals surface area contributed by atoms with Crippen LogP contribution >= 0.6 is 0 Å². The molecule has 1 aliphatic rings. The first-order chi connectivity index (χ1) is 4.23. The average molecular weight is 129 g/mol. The molecule has 0 unspecified atom stereocenters. The Labute approximate surface area is 56.4 Å². The van der Waals surface area contributed by atoms with Gasteiger partial charge in [0.05, 0.1) is 6.61 Å². The van der Waals surface area contributed by atoms with Crippen molar-refractivity contribution in [2.75, 3.05) is 20.3 Å². The Morgan fingerprint density at radius 1 is 1.78 bits per heavy atom. The van der Waals surface area contributed by atoms with Crippen LogP contribution in [-0.4, -0.2) is 20.3 Å². The maximum atomic E-state index is 5.48. The molecule has 54 valence electrons. The van der Waals surface area contributed by atoms with Crippen LogP contribution in [0.2, 0.25) is 0 Å². The quantitative estimate of drug-likeness (QED) is 0.606. The lowest BCUT2D eigenvalue weighted by Crippen LogP contribution is -2.12. The summed E-state index contributed by atoms with van der Waals surface area (Å²) in [5.74, 6) is 0.720. The van der Waals surface area contributed by atoms with Gasteiger partial charge in [-0.05, 0) is 24.3 Å². The summed E-state index contributed by atoms with van der Waals surface area (Å²) in [4.78, 5) is 0. The zero-order chi connectivity index (χ0) is 6.91. The molecule has 0 bridgehead atoms. The molecular formula is C7H15NO. The molecule has 1 rings (SSSR count). The second-order valence-corrected chi connectivity index (χ2v) is 3.22. The Bertz CT molecular complexity index is 105. The first-order valence-corrected chi connectivity index (χ1v) is 3.42. The van der Waals surface area contributed by atoms with E-state index in [9.17, 15) is 0 Å². The number of ether oxygens (including phenoxy) is 1. The molecule has 9 heavy (non-hydrogen) atoms. The fourth-order valence-corrected chi connectivity index (χ4v) is 1.38. The summed E-state index contributed by atoms with van der Waals surface area (Å²) in [7, 11) is 1.75. The maximum Gasteiger partial charge on any atom is 0.0519 e. The van der Waals surface area contributed by atoms with Gasteiger partial charge in [0.1, 0.15) is 0 Å². The average Bonchev–Trinajstić information content (AvgIpc) is 2.43. The highest BCUT2D eigenvalue weighted by Crippen LogP contribution is 2.51. The Hall–Kier alpha value is -0.0800. The topological polar surface area (TPSA) is 35.2 Å². The third-order valence-corrected chi connectivity index (χ3v) is 2.30. The second kappa shape index (κ2) is 2.27. The van der Waals surface area contributed by atoms with Crippen LogP contribution in [0.15, 0.2) is 0 Å². The summed E-state index contributed by atoms with van der Waals surface area (Å²) in [5.41, 5.74) is 5.90. The van der Waals surface area contributed by atoms with Gasteiger partial charge in [0.15, 0.2) is 0 Å². The SMILES string of the molecule is COC[C@@]1(C)C[C@H]1CN. The van der Waals surface area contributed by atoms with Crippen molar-refractivity contribution < 1.29 is 4.74 Å². The van der Waals surface area contributed by atoms with E-state index in [1.807, 2.05) is 0 Å².